The molecular formula is C12H13NO3. The Morgan fingerprint density at radius 3 is 2.69 bits per heavy atom. The van der Waals surface area contributed by atoms with Crippen LogP contribution < -0.4 is 0 Å². The predicted molar refractivity (Wildman–Crippen MR) is 61.0 cm³/mol. The first-order chi connectivity index (χ1) is 7.77. The lowest BCUT2D eigenvalue weighted by Gasteiger charge is -2.09. The van der Waals surface area contributed by atoms with Gasteiger partial charge in [-0.3, -0.25) is 0 Å². The summed E-state index contributed by atoms with van der Waals surface area (Å²) in [5.41, 5.74) is 0.916. The average molecular weight is 219 g/mol. The van der Waals surface area contributed by atoms with Crippen molar-refractivity contribution in [3.8, 4) is 0 Å². The minimum atomic E-state index is -0.559. The van der Waals surface area contributed by atoms with Gasteiger partial charge in [0.1, 0.15) is 0 Å². The molecule has 1 unspecified atom stereocenters. The van der Waals surface area contributed by atoms with Crippen LogP contribution in [0.15, 0.2) is 48.1 Å². The molecule has 4 heteroatoms. The summed E-state index contributed by atoms with van der Waals surface area (Å²) >= 11 is 0. The van der Waals surface area contributed by atoms with E-state index in [4.69, 9.17) is 4.84 Å². The van der Waals surface area contributed by atoms with Crippen molar-refractivity contribution >= 4 is 12.2 Å². The Bertz CT molecular complexity index is 373. The summed E-state index contributed by atoms with van der Waals surface area (Å²) in [5.74, 6) is -0.559. The topological polar surface area (TPSA) is 47.9 Å². The van der Waals surface area contributed by atoms with Crippen molar-refractivity contribution in [1.82, 2.24) is 0 Å². The Morgan fingerprint density at radius 1 is 1.44 bits per heavy atom. The van der Waals surface area contributed by atoms with Crippen LogP contribution in [0.3, 0.4) is 0 Å². The maximum Gasteiger partial charge on any atom is 0.352 e. The van der Waals surface area contributed by atoms with E-state index < -0.39 is 5.97 Å². The molecule has 0 N–H and O–H groups in total. The van der Waals surface area contributed by atoms with Crippen LogP contribution >= 0.6 is 0 Å². The van der Waals surface area contributed by atoms with Gasteiger partial charge in [0.15, 0.2) is 12.3 Å². The zero-order valence-corrected chi connectivity index (χ0v) is 9.00. The van der Waals surface area contributed by atoms with Gasteiger partial charge in [0.25, 0.3) is 0 Å². The van der Waals surface area contributed by atoms with Crippen molar-refractivity contribution in [1.29, 1.82) is 0 Å². The van der Waals surface area contributed by atoms with Crippen molar-refractivity contribution in [3.63, 3.8) is 0 Å². The van der Waals surface area contributed by atoms with Crippen molar-refractivity contribution in [2.45, 2.75) is 6.10 Å². The highest BCUT2D eigenvalue weighted by molar-refractivity contribution is 6.22. The molecule has 0 saturated carbocycles. The maximum atomic E-state index is 10.7. The smallest absolute Gasteiger partial charge is 0.352 e. The average Bonchev–Trinajstić information content (AvgIpc) is 2.35. The molecule has 1 aromatic rings. The Morgan fingerprint density at radius 2 is 2.12 bits per heavy atom. The highest BCUT2D eigenvalue weighted by Crippen LogP contribution is 2.17. The van der Waals surface area contributed by atoms with Gasteiger partial charge in [0.2, 0.25) is 0 Å². The summed E-state index contributed by atoms with van der Waals surface area (Å²) in [6.07, 6.45) is 2.20. The molecular weight excluding hydrogens is 206 g/mol. The van der Waals surface area contributed by atoms with Gasteiger partial charge in [-0.05, 0) is 11.6 Å². The predicted octanol–water partition coefficient (Wildman–Crippen LogP) is 2.09. The number of carbonyl (C=O) groups excluding carboxylic acids is 1. The van der Waals surface area contributed by atoms with Crippen molar-refractivity contribution in [3.05, 3.63) is 48.6 Å². The summed E-state index contributed by atoms with van der Waals surface area (Å²) in [4.78, 5) is 15.8. The van der Waals surface area contributed by atoms with Gasteiger partial charge >= 0.3 is 5.97 Å². The summed E-state index contributed by atoms with van der Waals surface area (Å²) in [6.45, 7) is 3.64. The minimum absolute atomic E-state index is 0.373. The molecule has 0 fully saturated rings. The van der Waals surface area contributed by atoms with E-state index in [1.54, 1.807) is 6.08 Å². The molecule has 0 aromatic heterocycles. The minimum Gasteiger partial charge on any atom is -0.465 e. The number of oxime groups is 1. The number of benzene rings is 1. The van der Waals surface area contributed by atoms with Crippen LogP contribution in [0.25, 0.3) is 0 Å². The van der Waals surface area contributed by atoms with E-state index in [0.29, 0.717) is 0 Å². The molecule has 0 spiro atoms. The Balaban J connectivity index is 2.60. The number of hydrogen-bond acceptors (Lipinski definition) is 4. The number of carbonyl (C=O) groups is 1. The monoisotopic (exact) mass is 219 g/mol. The van der Waals surface area contributed by atoms with Crippen LogP contribution in [0.5, 0.6) is 0 Å². The van der Waals surface area contributed by atoms with Crippen LogP contribution in [0.4, 0.5) is 0 Å². The summed E-state index contributed by atoms with van der Waals surface area (Å²) in [7, 11) is 1.27. The van der Waals surface area contributed by atoms with Gasteiger partial charge in [-0.15, -0.1) is 0 Å². The van der Waals surface area contributed by atoms with Crippen molar-refractivity contribution in [2.24, 2.45) is 5.16 Å². The molecule has 0 aliphatic heterocycles. The highest BCUT2D eigenvalue weighted by Gasteiger charge is 2.06. The first-order valence-electron chi connectivity index (χ1n) is 4.72. The Hall–Kier alpha value is -2.10. The fraction of sp³-hybridized carbons (Fsp3) is 0.167. The lowest BCUT2D eigenvalue weighted by molar-refractivity contribution is -0.132. The summed E-state index contributed by atoms with van der Waals surface area (Å²) in [5, 5.41) is 3.52. The fourth-order valence-corrected chi connectivity index (χ4v) is 1.07. The second kappa shape index (κ2) is 6.40. The number of esters is 1. The molecule has 84 valence electrons. The van der Waals surface area contributed by atoms with Crippen LogP contribution in [-0.4, -0.2) is 19.3 Å². The molecule has 0 aliphatic carbocycles. The quantitative estimate of drug-likeness (QED) is 0.330. The molecule has 1 aromatic carbocycles. The first kappa shape index (κ1) is 12.0. The number of ether oxygens (including phenoxy) is 1. The molecule has 1 rings (SSSR count). The van der Waals surface area contributed by atoms with Crippen LogP contribution in [-0.2, 0) is 14.4 Å². The zero-order chi connectivity index (χ0) is 11.8. The maximum absolute atomic E-state index is 10.7. The fourth-order valence-electron chi connectivity index (χ4n) is 1.07. The number of rotatable bonds is 5. The van der Waals surface area contributed by atoms with E-state index in [1.165, 1.54) is 7.11 Å². The van der Waals surface area contributed by atoms with Gasteiger partial charge in [-0.2, -0.15) is 0 Å². The molecule has 0 bridgehead atoms. The van der Waals surface area contributed by atoms with E-state index >= 15 is 0 Å². The zero-order valence-electron chi connectivity index (χ0n) is 9.00. The normalized spacial score (nSPS) is 12.1. The van der Waals surface area contributed by atoms with Crippen LogP contribution in [0, 0.1) is 0 Å². The van der Waals surface area contributed by atoms with Crippen molar-refractivity contribution in [2.75, 3.05) is 7.11 Å². The second-order valence-electron chi connectivity index (χ2n) is 2.93. The van der Waals surface area contributed by atoms with Gasteiger partial charge < -0.3 is 9.57 Å². The summed E-state index contributed by atoms with van der Waals surface area (Å²) < 4.78 is 4.38. The third kappa shape index (κ3) is 3.57. The molecule has 16 heavy (non-hydrogen) atoms. The molecule has 0 amide bonds. The first-order valence-corrected chi connectivity index (χ1v) is 4.72. The SMILES string of the molecule is C=CC(O/N=C/C(=O)OC)c1ccccc1. The molecule has 0 aliphatic rings. The van der Waals surface area contributed by atoms with Gasteiger partial charge in [-0.1, -0.05) is 42.1 Å². The number of nitrogens with zero attached hydrogens (tertiary/aromatic N) is 1. The summed E-state index contributed by atoms with van der Waals surface area (Å²) in [6, 6.07) is 9.46. The lowest BCUT2D eigenvalue weighted by atomic mass is 10.1. The Labute approximate surface area is 94.2 Å². The lowest BCUT2D eigenvalue weighted by Crippen LogP contribution is -2.03. The van der Waals surface area contributed by atoms with Gasteiger partial charge in [0, 0.05) is 0 Å². The second-order valence-corrected chi connectivity index (χ2v) is 2.93. The van der Waals surface area contributed by atoms with E-state index in [2.05, 4.69) is 16.5 Å². The molecule has 0 radical (unpaired) electrons. The van der Waals surface area contributed by atoms with Gasteiger partial charge in [0.05, 0.1) is 7.11 Å². The van der Waals surface area contributed by atoms with Crippen molar-refractivity contribution < 1.29 is 14.4 Å². The van der Waals surface area contributed by atoms with E-state index in [0.717, 1.165) is 11.8 Å². The number of methoxy groups -OCH3 is 1. The third-order valence-electron chi connectivity index (χ3n) is 1.88. The molecule has 0 heterocycles. The van der Waals surface area contributed by atoms with E-state index in [9.17, 15) is 4.79 Å². The van der Waals surface area contributed by atoms with E-state index in [1.807, 2.05) is 30.3 Å². The number of hydrogen-bond donors (Lipinski definition) is 0. The largest absolute Gasteiger partial charge is 0.465 e. The molecule has 0 saturated heterocycles. The molecule has 1 atom stereocenters. The van der Waals surface area contributed by atoms with Crippen LogP contribution in [0.1, 0.15) is 11.7 Å². The standard InChI is InChI=1S/C12H13NO3/c1-3-11(10-7-5-4-6-8-10)16-13-9-12(14)15-2/h3-9,11H,1H2,2H3/b13-9+. The van der Waals surface area contributed by atoms with Crippen LogP contribution in [0.2, 0.25) is 0 Å². The van der Waals surface area contributed by atoms with E-state index in [-0.39, 0.29) is 6.10 Å². The third-order valence-corrected chi connectivity index (χ3v) is 1.88. The highest BCUT2D eigenvalue weighted by atomic mass is 16.6. The van der Waals surface area contributed by atoms with Gasteiger partial charge in [-0.25, -0.2) is 4.79 Å². The Kier molecular flexibility index (Phi) is 4.79. The molecule has 4 nitrogen and oxygen atoms in total.